The van der Waals surface area contributed by atoms with E-state index in [0.29, 0.717) is 28.9 Å². The summed E-state index contributed by atoms with van der Waals surface area (Å²) >= 11 is 0. The highest BCUT2D eigenvalue weighted by Gasteiger charge is 2.33. The Morgan fingerprint density at radius 1 is 1.00 bits per heavy atom. The third-order valence-corrected chi connectivity index (χ3v) is 7.73. The summed E-state index contributed by atoms with van der Waals surface area (Å²) in [5.74, 6) is -1.54. The van der Waals surface area contributed by atoms with Crippen LogP contribution in [0.1, 0.15) is 74.6 Å². The highest BCUT2D eigenvalue weighted by molar-refractivity contribution is 5.85. The summed E-state index contributed by atoms with van der Waals surface area (Å²) < 4.78 is 67.4. The third kappa shape index (κ3) is 6.92. The van der Waals surface area contributed by atoms with Crippen LogP contribution in [0.3, 0.4) is 0 Å². The Bertz CT molecular complexity index is 1460. The lowest BCUT2D eigenvalue weighted by atomic mass is 9.79. The summed E-state index contributed by atoms with van der Waals surface area (Å²) in [6.07, 6.45) is -0.576. The largest absolute Gasteiger partial charge is 0.497 e. The molecule has 3 aromatic rings. The van der Waals surface area contributed by atoms with Gasteiger partial charge in [0.2, 0.25) is 0 Å². The maximum absolute atomic E-state index is 15.0. The van der Waals surface area contributed by atoms with Gasteiger partial charge >= 0.3 is 12.1 Å². The maximum atomic E-state index is 15.0. The number of ether oxygens (including phenoxy) is 2. The van der Waals surface area contributed by atoms with Gasteiger partial charge in [0.1, 0.15) is 23.9 Å². The summed E-state index contributed by atoms with van der Waals surface area (Å²) in [7, 11) is 1.52. The fourth-order valence-electron chi connectivity index (χ4n) is 5.42. The van der Waals surface area contributed by atoms with E-state index >= 15 is 4.39 Å². The highest BCUT2D eigenvalue weighted by atomic mass is 19.4. The fraction of sp³-hybridized carbons (Fsp3) is 0.364. The normalized spacial score (nSPS) is 15.4. The number of carboxylic acid groups (broad SMARTS) is 1. The number of benzene rings is 3. The molecule has 4 nitrogen and oxygen atoms in total. The van der Waals surface area contributed by atoms with Crippen LogP contribution in [-0.2, 0) is 17.6 Å². The van der Waals surface area contributed by atoms with E-state index < -0.39 is 29.4 Å². The van der Waals surface area contributed by atoms with Crippen molar-refractivity contribution in [3.05, 3.63) is 88.7 Å². The van der Waals surface area contributed by atoms with Gasteiger partial charge in [-0.05, 0) is 101 Å². The van der Waals surface area contributed by atoms with Gasteiger partial charge in [-0.3, -0.25) is 4.79 Å². The van der Waals surface area contributed by atoms with E-state index in [4.69, 9.17) is 9.47 Å². The number of methoxy groups -OCH3 is 1. The Balaban J connectivity index is 1.72. The van der Waals surface area contributed by atoms with Crippen molar-refractivity contribution in [2.24, 2.45) is 5.41 Å². The van der Waals surface area contributed by atoms with Gasteiger partial charge in [0.15, 0.2) is 0 Å². The van der Waals surface area contributed by atoms with Crippen molar-refractivity contribution in [1.29, 1.82) is 0 Å². The number of carbonyl (C=O) groups is 1. The van der Waals surface area contributed by atoms with Crippen LogP contribution in [0.15, 0.2) is 60.7 Å². The average Bonchev–Trinajstić information content (AvgIpc) is 3.28. The second kappa shape index (κ2) is 12.0. The van der Waals surface area contributed by atoms with Crippen molar-refractivity contribution < 1.29 is 36.9 Å². The molecule has 8 heteroatoms. The number of rotatable bonds is 10. The van der Waals surface area contributed by atoms with Gasteiger partial charge in [-0.15, -0.1) is 0 Å². The summed E-state index contributed by atoms with van der Waals surface area (Å²) in [4.78, 5) is 11.3. The summed E-state index contributed by atoms with van der Waals surface area (Å²) in [6.45, 7) is 5.97. The zero-order chi connectivity index (χ0) is 29.9. The first-order chi connectivity index (χ1) is 19.3. The van der Waals surface area contributed by atoms with Crippen molar-refractivity contribution in [1.82, 2.24) is 0 Å². The van der Waals surface area contributed by atoms with Crippen molar-refractivity contribution in [2.75, 3.05) is 7.11 Å². The quantitative estimate of drug-likeness (QED) is 0.247. The summed E-state index contributed by atoms with van der Waals surface area (Å²) in [6, 6.07) is 13.5. The standard InChI is InChI=1S/C33H34F4O4/c1-5-21(16-31(38)39)22-14-23(33(35,36)37)17-25(15-22)41-19-20-8-10-26(28-18-24(40-4)9-11-30(28)34)27(13-20)29-7-6-12-32(29,2)3/h7-11,13-15,17-18,21H,5-6,12,16,19H2,1-4H3,(H,38,39)/t21-/m1/s1. The van der Waals surface area contributed by atoms with E-state index in [1.165, 1.54) is 19.2 Å². The number of alkyl halides is 3. The summed E-state index contributed by atoms with van der Waals surface area (Å²) in [5.41, 5.74) is 2.90. The molecule has 3 aromatic carbocycles. The Hall–Kier alpha value is -3.81. The molecular formula is C33H34F4O4. The topological polar surface area (TPSA) is 55.8 Å². The number of aliphatic carboxylic acids is 1. The third-order valence-electron chi connectivity index (χ3n) is 7.73. The molecule has 0 fully saturated rings. The van der Waals surface area contributed by atoms with Crippen molar-refractivity contribution in [2.45, 2.75) is 65.2 Å². The van der Waals surface area contributed by atoms with E-state index in [1.807, 2.05) is 6.07 Å². The molecule has 218 valence electrons. The first-order valence-electron chi connectivity index (χ1n) is 13.6. The Kier molecular flexibility index (Phi) is 8.80. The average molecular weight is 571 g/mol. The molecule has 0 spiro atoms. The molecule has 1 aliphatic rings. The smallest absolute Gasteiger partial charge is 0.416 e. The van der Waals surface area contributed by atoms with E-state index in [1.54, 1.807) is 31.2 Å². The molecule has 1 aliphatic carbocycles. The molecule has 41 heavy (non-hydrogen) atoms. The minimum atomic E-state index is -4.62. The Morgan fingerprint density at radius 3 is 2.37 bits per heavy atom. The van der Waals surface area contributed by atoms with Crippen LogP contribution in [0.4, 0.5) is 17.6 Å². The van der Waals surface area contributed by atoms with E-state index in [2.05, 4.69) is 19.9 Å². The van der Waals surface area contributed by atoms with E-state index in [9.17, 15) is 23.1 Å². The second-order valence-corrected chi connectivity index (χ2v) is 11.0. The van der Waals surface area contributed by atoms with Crippen LogP contribution in [0.2, 0.25) is 0 Å². The minimum absolute atomic E-state index is 0.00328. The van der Waals surface area contributed by atoms with Gasteiger partial charge in [0.25, 0.3) is 0 Å². The molecule has 1 atom stereocenters. The molecule has 0 aliphatic heterocycles. The first-order valence-corrected chi connectivity index (χ1v) is 13.6. The van der Waals surface area contributed by atoms with Gasteiger partial charge in [-0.25, -0.2) is 4.39 Å². The van der Waals surface area contributed by atoms with Gasteiger partial charge < -0.3 is 14.6 Å². The molecular weight excluding hydrogens is 536 g/mol. The Morgan fingerprint density at radius 2 is 1.76 bits per heavy atom. The molecule has 4 rings (SSSR count). The highest BCUT2D eigenvalue weighted by Crippen LogP contribution is 2.47. The number of allylic oxidation sites excluding steroid dienone is 2. The Labute approximate surface area is 237 Å². The van der Waals surface area contributed by atoms with E-state index in [0.717, 1.165) is 36.1 Å². The lowest BCUT2D eigenvalue weighted by Crippen LogP contribution is -2.11. The first kappa shape index (κ1) is 30.2. The van der Waals surface area contributed by atoms with Crippen LogP contribution < -0.4 is 9.47 Å². The predicted octanol–water partition coefficient (Wildman–Crippen LogP) is 9.27. The molecule has 0 radical (unpaired) electrons. The molecule has 0 bridgehead atoms. The van der Waals surface area contributed by atoms with Gasteiger partial charge in [0.05, 0.1) is 19.1 Å². The molecule has 0 aromatic heterocycles. The number of halogens is 4. The zero-order valence-electron chi connectivity index (χ0n) is 23.6. The van der Waals surface area contributed by atoms with Gasteiger partial charge in [-0.2, -0.15) is 13.2 Å². The van der Waals surface area contributed by atoms with Crippen LogP contribution in [0.25, 0.3) is 16.7 Å². The SMILES string of the molecule is CC[C@H](CC(=O)O)c1cc(OCc2ccc(-c3cc(OC)ccc3F)c(C3=CCCC3(C)C)c2)cc(C(F)(F)F)c1. The van der Waals surface area contributed by atoms with Crippen LogP contribution in [-0.4, -0.2) is 18.2 Å². The molecule has 0 unspecified atom stereocenters. The minimum Gasteiger partial charge on any atom is -0.497 e. The van der Waals surface area contributed by atoms with Gasteiger partial charge in [0, 0.05) is 5.56 Å². The lowest BCUT2D eigenvalue weighted by molar-refractivity contribution is -0.138. The molecule has 0 saturated carbocycles. The van der Waals surface area contributed by atoms with E-state index in [-0.39, 0.29) is 29.8 Å². The van der Waals surface area contributed by atoms with Gasteiger partial charge in [-0.1, -0.05) is 39.0 Å². The second-order valence-electron chi connectivity index (χ2n) is 11.0. The summed E-state index contributed by atoms with van der Waals surface area (Å²) in [5, 5.41) is 9.24. The molecule has 1 N–H and O–H groups in total. The molecule has 0 heterocycles. The van der Waals surface area contributed by atoms with Crippen LogP contribution in [0.5, 0.6) is 11.5 Å². The van der Waals surface area contributed by atoms with Crippen LogP contribution in [0, 0.1) is 11.2 Å². The maximum Gasteiger partial charge on any atom is 0.416 e. The van der Waals surface area contributed by atoms with Crippen molar-refractivity contribution in [3.8, 4) is 22.6 Å². The fourth-order valence-corrected chi connectivity index (χ4v) is 5.42. The lowest BCUT2D eigenvalue weighted by Gasteiger charge is -2.25. The molecule has 0 amide bonds. The zero-order valence-corrected chi connectivity index (χ0v) is 23.6. The molecule has 0 saturated heterocycles. The number of carboxylic acids is 1. The number of hydrogen-bond acceptors (Lipinski definition) is 3. The van der Waals surface area contributed by atoms with Crippen LogP contribution >= 0.6 is 0 Å². The monoisotopic (exact) mass is 570 g/mol. The predicted molar refractivity (Wildman–Crippen MR) is 150 cm³/mol. The van der Waals surface area contributed by atoms with Crippen molar-refractivity contribution in [3.63, 3.8) is 0 Å². The van der Waals surface area contributed by atoms with Crippen molar-refractivity contribution >= 4 is 11.5 Å². The number of hydrogen-bond donors (Lipinski definition) is 1.